The number of aromatic nitrogens is 3. The van der Waals surface area contributed by atoms with Crippen LogP contribution in [-0.4, -0.2) is 21.7 Å². The van der Waals surface area contributed by atoms with Crippen LogP contribution >= 0.6 is 0 Å². The molecule has 2 aromatic rings. The lowest BCUT2D eigenvalue weighted by Crippen LogP contribution is -2.27. The predicted molar refractivity (Wildman–Crippen MR) is 65.9 cm³/mol. The van der Waals surface area contributed by atoms with Crippen LogP contribution in [0.3, 0.4) is 0 Å². The molecule has 1 N–H and O–H groups in total. The molecule has 3 heterocycles. The van der Waals surface area contributed by atoms with Crippen LogP contribution in [0.1, 0.15) is 42.7 Å². The Bertz CT molecular complexity index is 491. The molecule has 1 atom stereocenters. The van der Waals surface area contributed by atoms with Crippen molar-refractivity contribution >= 4 is 0 Å². The van der Waals surface area contributed by atoms with E-state index in [0.29, 0.717) is 18.1 Å². The molecule has 0 aliphatic carbocycles. The zero-order chi connectivity index (χ0) is 12.2. The summed E-state index contributed by atoms with van der Waals surface area (Å²) in [4.78, 5) is 8.71. The molecule has 94 valence electrons. The highest BCUT2D eigenvalue weighted by molar-refractivity contribution is 5.09. The summed E-state index contributed by atoms with van der Waals surface area (Å²) in [5, 5.41) is 7.42. The molecule has 18 heavy (non-hydrogen) atoms. The third kappa shape index (κ3) is 2.56. The van der Waals surface area contributed by atoms with E-state index in [2.05, 4.69) is 20.4 Å². The molecule has 1 saturated heterocycles. The third-order valence-electron chi connectivity index (χ3n) is 3.16. The van der Waals surface area contributed by atoms with Gasteiger partial charge in [0.15, 0.2) is 5.82 Å². The molecule has 5 nitrogen and oxygen atoms in total. The van der Waals surface area contributed by atoms with Gasteiger partial charge in [-0.3, -0.25) is 4.98 Å². The summed E-state index contributed by atoms with van der Waals surface area (Å²) in [6.07, 6.45) is 5.92. The second-order valence-electron chi connectivity index (χ2n) is 4.55. The predicted octanol–water partition coefficient (Wildman–Crippen LogP) is 1.87. The fourth-order valence-electron chi connectivity index (χ4n) is 2.21. The first-order chi connectivity index (χ1) is 8.92. The van der Waals surface area contributed by atoms with Crippen LogP contribution in [0.15, 0.2) is 28.9 Å². The van der Waals surface area contributed by atoms with E-state index in [0.717, 1.165) is 18.7 Å². The van der Waals surface area contributed by atoms with E-state index >= 15 is 0 Å². The van der Waals surface area contributed by atoms with E-state index in [-0.39, 0.29) is 6.04 Å². The Morgan fingerprint density at radius 1 is 1.33 bits per heavy atom. The van der Waals surface area contributed by atoms with Crippen LogP contribution in [0.2, 0.25) is 0 Å². The summed E-state index contributed by atoms with van der Waals surface area (Å²) in [5.41, 5.74) is 0.960. The van der Waals surface area contributed by atoms with Crippen LogP contribution in [0, 0.1) is 0 Å². The molecular formula is C13H16N4O. The summed E-state index contributed by atoms with van der Waals surface area (Å²) in [6, 6.07) is 6.06. The molecule has 1 aliphatic rings. The van der Waals surface area contributed by atoms with Crippen molar-refractivity contribution in [3.8, 4) is 0 Å². The topological polar surface area (TPSA) is 63.8 Å². The number of pyridine rings is 1. The van der Waals surface area contributed by atoms with Gasteiger partial charge in [-0.2, -0.15) is 4.98 Å². The Kier molecular flexibility index (Phi) is 3.32. The largest absolute Gasteiger partial charge is 0.338 e. The number of hydrogen-bond donors (Lipinski definition) is 1. The first-order valence-electron chi connectivity index (χ1n) is 6.37. The monoisotopic (exact) mass is 244 g/mol. The third-order valence-corrected chi connectivity index (χ3v) is 3.16. The lowest BCUT2D eigenvalue weighted by Gasteiger charge is -2.19. The fourth-order valence-corrected chi connectivity index (χ4v) is 2.21. The van der Waals surface area contributed by atoms with Crippen LogP contribution in [0.5, 0.6) is 0 Å². The van der Waals surface area contributed by atoms with Gasteiger partial charge in [0, 0.05) is 11.9 Å². The summed E-state index contributed by atoms with van der Waals surface area (Å²) >= 11 is 0. The van der Waals surface area contributed by atoms with Crippen LogP contribution < -0.4 is 5.32 Å². The van der Waals surface area contributed by atoms with Crippen molar-refractivity contribution < 1.29 is 4.52 Å². The maximum atomic E-state index is 5.32. The summed E-state index contributed by atoms with van der Waals surface area (Å²) in [5.74, 6) is 1.41. The van der Waals surface area contributed by atoms with Crippen molar-refractivity contribution in [2.24, 2.45) is 0 Å². The second kappa shape index (κ2) is 5.27. The van der Waals surface area contributed by atoms with Gasteiger partial charge in [-0.1, -0.05) is 17.6 Å². The molecule has 0 amide bonds. The fraction of sp³-hybridized carbons (Fsp3) is 0.462. The quantitative estimate of drug-likeness (QED) is 0.893. The van der Waals surface area contributed by atoms with E-state index in [1.54, 1.807) is 6.20 Å². The molecule has 2 aromatic heterocycles. The number of nitrogens with zero attached hydrogens (tertiary/aromatic N) is 3. The molecule has 0 radical (unpaired) electrons. The molecular weight excluding hydrogens is 228 g/mol. The minimum absolute atomic E-state index is 0.226. The highest BCUT2D eigenvalue weighted by atomic mass is 16.5. The molecule has 0 unspecified atom stereocenters. The first-order valence-corrected chi connectivity index (χ1v) is 6.37. The van der Waals surface area contributed by atoms with E-state index in [1.807, 2.05) is 18.2 Å². The molecule has 1 fully saturated rings. The highest BCUT2D eigenvalue weighted by Gasteiger charge is 2.20. The van der Waals surface area contributed by atoms with Gasteiger partial charge in [0.25, 0.3) is 0 Å². The lowest BCUT2D eigenvalue weighted by molar-refractivity contribution is 0.296. The normalized spacial score (nSPS) is 19.9. The smallest absolute Gasteiger partial charge is 0.243 e. The van der Waals surface area contributed by atoms with Crippen LogP contribution in [0.4, 0.5) is 0 Å². The van der Waals surface area contributed by atoms with Crippen molar-refractivity contribution in [3.63, 3.8) is 0 Å². The molecule has 1 aliphatic heterocycles. The van der Waals surface area contributed by atoms with Gasteiger partial charge < -0.3 is 9.84 Å². The highest BCUT2D eigenvalue weighted by Crippen LogP contribution is 2.21. The Balaban J connectivity index is 1.69. The molecule has 3 rings (SSSR count). The van der Waals surface area contributed by atoms with Gasteiger partial charge in [0.1, 0.15) is 0 Å². The maximum Gasteiger partial charge on any atom is 0.243 e. The van der Waals surface area contributed by atoms with Crippen LogP contribution in [-0.2, 0) is 6.42 Å². The zero-order valence-corrected chi connectivity index (χ0v) is 10.2. The summed E-state index contributed by atoms with van der Waals surface area (Å²) in [6.45, 7) is 1.03. The maximum absolute atomic E-state index is 5.32. The van der Waals surface area contributed by atoms with Crippen molar-refractivity contribution in [2.75, 3.05) is 6.54 Å². The van der Waals surface area contributed by atoms with E-state index in [4.69, 9.17) is 4.52 Å². The van der Waals surface area contributed by atoms with Gasteiger partial charge in [0.2, 0.25) is 5.89 Å². The molecule has 0 aromatic carbocycles. The number of rotatable bonds is 3. The zero-order valence-electron chi connectivity index (χ0n) is 10.2. The van der Waals surface area contributed by atoms with Crippen molar-refractivity contribution in [1.82, 2.24) is 20.4 Å². The summed E-state index contributed by atoms with van der Waals surface area (Å²) < 4.78 is 5.32. The minimum atomic E-state index is 0.226. The minimum Gasteiger partial charge on any atom is -0.338 e. The second-order valence-corrected chi connectivity index (χ2v) is 4.55. The lowest BCUT2D eigenvalue weighted by atomic mass is 10.1. The number of piperidine rings is 1. The SMILES string of the molecule is c1ccc(Cc2noc([C@@H]3CCCCN3)n2)nc1. The molecule has 5 heteroatoms. The molecule has 0 spiro atoms. The average Bonchev–Trinajstić information content (AvgIpc) is 2.89. The standard InChI is InChI=1S/C13H16N4O/c1-3-7-14-10(5-1)9-12-16-13(18-17-12)11-6-2-4-8-15-11/h1,3,5,7,11,15H,2,4,6,8-9H2/t11-/m0/s1. The van der Waals surface area contributed by atoms with Crippen molar-refractivity contribution in [1.29, 1.82) is 0 Å². The van der Waals surface area contributed by atoms with E-state index in [9.17, 15) is 0 Å². The van der Waals surface area contributed by atoms with Crippen LogP contribution in [0.25, 0.3) is 0 Å². The Hall–Kier alpha value is -1.75. The molecule has 0 saturated carbocycles. The first kappa shape index (κ1) is 11.3. The van der Waals surface area contributed by atoms with Gasteiger partial charge in [-0.15, -0.1) is 0 Å². The van der Waals surface area contributed by atoms with Gasteiger partial charge in [-0.05, 0) is 31.5 Å². The number of nitrogens with one attached hydrogen (secondary N) is 1. The van der Waals surface area contributed by atoms with Crippen molar-refractivity contribution in [3.05, 3.63) is 41.8 Å². The average molecular weight is 244 g/mol. The Morgan fingerprint density at radius 3 is 3.11 bits per heavy atom. The molecule has 0 bridgehead atoms. The Labute approximate surface area is 106 Å². The van der Waals surface area contributed by atoms with Gasteiger partial charge in [-0.25, -0.2) is 0 Å². The number of hydrogen-bond acceptors (Lipinski definition) is 5. The summed E-state index contributed by atoms with van der Waals surface area (Å²) in [7, 11) is 0. The van der Waals surface area contributed by atoms with E-state index in [1.165, 1.54) is 12.8 Å². The van der Waals surface area contributed by atoms with E-state index < -0.39 is 0 Å². The Morgan fingerprint density at radius 2 is 2.33 bits per heavy atom. The van der Waals surface area contributed by atoms with Gasteiger partial charge in [0.05, 0.1) is 12.5 Å². The van der Waals surface area contributed by atoms with Gasteiger partial charge >= 0.3 is 0 Å². The van der Waals surface area contributed by atoms with Crippen molar-refractivity contribution in [2.45, 2.75) is 31.7 Å².